The third-order valence-electron chi connectivity index (χ3n) is 4.60. The number of carboxylic acids is 2. The van der Waals surface area contributed by atoms with Gasteiger partial charge in [0.2, 0.25) is 17.7 Å². The van der Waals surface area contributed by atoms with Gasteiger partial charge in [0.1, 0.15) is 18.1 Å². The summed E-state index contributed by atoms with van der Waals surface area (Å²) >= 11 is 0. The van der Waals surface area contributed by atoms with Gasteiger partial charge < -0.3 is 37.2 Å². The maximum atomic E-state index is 12.8. The predicted octanol–water partition coefficient (Wildman–Crippen LogP) is -2.41. The number of hydrogen-bond donors (Lipinski definition) is 6. The number of carboxylic acid groups (broad SMARTS) is 2. The van der Waals surface area contributed by atoms with E-state index in [0.29, 0.717) is 25.8 Å². The van der Waals surface area contributed by atoms with E-state index in [1.165, 1.54) is 0 Å². The van der Waals surface area contributed by atoms with Crippen molar-refractivity contribution in [2.45, 2.75) is 56.7 Å². The number of rotatable bonds is 12. The van der Waals surface area contributed by atoms with Crippen LogP contribution < -0.4 is 22.1 Å². The minimum absolute atomic E-state index is 0.158. The van der Waals surface area contributed by atoms with Crippen molar-refractivity contribution in [2.75, 3.05) is 19.6 Å². The molecule has 0 spiro atoms. The largest absolute Gasteiger partial charge is 0.481 e. The van der Waals surface area contributed by atoms with Crippen LogP contribution in [-0.4, -0.2) is 82.5 Å². The Balaban J connectivity index is 2.93. The van der Waals surface area contributed by atoms with Crippen molar-refractivity contribution >= 4 is 29.7 Å². The van der Waals surface area contributed by atoms with Gasteiger partial charge in [-0.25, -0.2) is 4.79 Å². The number of amides is 3. The number of aliphatic carboxylic acids is 2. The second kappa shape index (κ2) is 12.0. The molecule has 0 bridgehead atoms. The molecule has 29 heavy (non-hydrogen) atoms. The maximum absolute atomic E-state index is 12.8. The first-order valence-electron chi connectivity index (χ1n) is 9.46. The van der Waals surface area contributed by atoms with Crippen molar-refractivity contribution in [2.24, 2.45) is 11.5 Å². The highest BCUT2D eigenvalue weighted by molar-refractivity contribution is 5.95. The van der Waals surface area contributed by atoms with Crippen LogP contribution in [0.1, 0.15) is 38.5 Å². The van der Waals surface area contributed by atoms with Gasteiger partial charge in [0.25, 0.3) is 0 Å². The van der Waals surface area contributed by atoms with Crippen LogP contribution >= 0.6 is 0 Å². The fourth-order valence-corrected chi connectivity index (χ4v) is 3.15. The van der Waals surface area contributed by atoms with Gasteiger partial charge in [-0.15, -0.1) is 0 Å². The molecule has 0 aliphatic carbocycles. The van der Waals surface area contributed by atoms with Crippen molar-refractivity contribution in [3.8, 4) is 0 Å². The van der Waals surface area contributed by atoms with Crippen LogP contribution in [0.2, 0.25) is 0 Å². The molecule has 0 aromatic rings. The Kier molecular flexibility index (Phi) is 10.0. The van der Waals surface area contributed by atoms with Crippen LogP contribution in [-0.2, 0) is 24.0 Å². The van der Waals surface area contributed by atoms with Crippen LogP contribution in [0.5, 0.6) is 0 Å². The second-order valence-corrected chi connectivity index (χ2v) is 6.80. The van der Waals surface area contributed by atoms with Crippen LogP contribution in [0.25, 0.3) is 0 Å². The Morgan fingerprint density at radius 2 is 1.72 bits per heavy atom. The SMILES string of the molecule is NCCCCC(NC(=O)CN)C(=O)NC(CC(=O)O)C(=O)N1CCCC1C(=O)O. The number of unbranched alkanes of at least 4 members (excludes halogenated alkanes) is 1. The summed E-state index contributed by atoms with van der Waals surface area (Å²) in [4.78, 5) is 60.6. The maximum Gasteiger partial charge on any atom is 0.326 e. The Labute approximate surface area is 168 Å². The van der Waals surface area contributed by atoms with E-state index in [9.17, 15) is 29.1 Å². The summed E-state index contributed by atoms with van der Waals surface area (Å²) in [5.74, 6) is -4.62. The molecule has 8 N–H and O–H groups in total. The predicted molar refractivity (Wildman–Crippen MR) is 100 cm³/mol. The molecule has 1 rings (SSSR count). The van der Waals surface area contributed by atoms with Gasteiger partial charge in [-0.3, -0.25) is 19.2 Å². The molecule has 3 amide bonds. The molecule has 0 saturated carbocycles. The quantitative estimate of drug-likeness (QED) is 0.187. The van der Waals surface area contributed by atoms with E-state index in [2.05, 4.69) is 10.6 Å². The lowest BCUT2D eigenvalue weighted by molar-refractivity contribution is -0.150. The van der Waals surface area contributed by atoms with Crippen molar-refractivity contribution in [3.05, 3.63) is 0 Å². The summed E-state index contributed by atoms with van der Waals surface area (Å²) in [6.45, 7) is 0.211. The second-order valence-electron chi connectivity index (χ2n) is 6.80. The summed E-state index contributed by atoms with van der Waals surface area (Å²) < 4.78 is 0. The van der Waals surface area contributed by atoms with Gasteiger partial charge in [0.15, 0.2) is 0 Å². The summed E-state index contributed by atoms with van der Waals surface area (Å²) in [5, 5.41) is 23.2. The number of hydrogen-bond acceptors (Lipinski definition) is 7. The van der Waals surface area contributed by atoms with Crippen LogP contribution in [0, 0.1) is 0 Å². The first-order chi connectivity index (χ1) is 13.7. The molecule has 0 aromatic heterocycles. The molecular weight excluding hydrogens is 386 g/mol. The molecule has 0 aromatic carbocycles. The van der Waals surface area contributed by atoms with Crippen LogP contribution in [0.3, 0.4) is 0 Å². The fourth-order valence-electron chi connectivity index (χ4n) is 3.15. The molecule has 1 fully saturated rings. The molecule has 3 unspecified atom stereocenters. The minimum Gasteiger partial charge on any atom is -0.481 e. The summed E-state index contributed by atoms with van der Waals surface area (Å²) in [6, 6.07) is -3.53. The van der Waals surface area contributed by atoms with E-state index in [0.717, 1.165) is 4.90 Å². The number of carbonyl (C=O) groups is 5. The van der Waals surface area contributed by atoms with Crippen molar-refractivity contribution in [3.63, 3.8) is 0 Å². The van der Waals surface area contributed by atoms with Crippen molar-refractivity contribution in [1.82, 2.24) is 15.5 Å². The van der Waals surface area contributed by atoms with E-state index in [1.807, 2.05) is 0 Å². The van der Waals surface area contributed by atoms with Gasteiger partial charge in [-0.05, 0) is 38.6 Å². The van der Waals surface area contributed by atoms with E-state index in [-0.39, 0.29) is 25.9 Å². The zero-order valence-electron chi connectivity index (χ0n) is 16.1. The van der Waals surface area contributed by atoms with Gasteiger partial charge in [0.05, 0.1) is 13.0 Å². The molecule has 1 saturated heterocycles. The normalized spacial score (nSPS) is 18.0. The number of nitrogens with one attached hydrogen (secondary N) is 2. The molecule has 3 atom stereocenters. The molecule has 12 heteroatoms. The fraction of sp³-hybridized carbons (Fsp3) is 0.706. The average molecular weight is 415 g/mol. The average Bonchev–Trinajstić information content (AvgIpc) is 3.15. The third kappa shape index (κ3) is 7.66. The lowest BCUT2D eigenvalue weighted by atomic mass is 10.1. The first-order valence-corrected chi connectivity index (χ1v) is 9.46. The first kappa shape index (κ1) is 24.3. The molecule has 1 aliphatic heterocycles. The zero-order valence-corrected chi connectivity index (χ0v) is 16.1. The summed E-state index contributed by atoms with van der Waals surface area (Å²) in [6.07, 6.45) is 1.35. The monoisotopic (exact) mass is 415 g/mol. The van der Waals surface area contributed by atoms with E-state index in [1.54, 1.807) is 0 Å². The molecule has 0 radical (unpaired) electrons. The minimum atomic E-state index is -1.45. The Bertz CT molecular complexity index is 627. The van der Waals surface area contributed by atoms with E-state index in [4.69, 9.17) is 16.6 Å². The van der Waals surface area contributed by atoms with Crippen LogP contribution in [0.4, 0.5) is 0 Å². The number of nitrogens with zero attached hydrogens (tertiary/aromatic N) is 1. The van der Waals surface area contributed by atoms with Gasteiger partial charge in [-0.2, -0.15) is 0 Å². The number of nitrogens with two attached hydrogens (primary N) is 2. The lowest BCUT2D eigenvalue weighted by Crippen LogP contribution is -2.56. The van der Waals surface area contributed by atoms with Gasteiger partial charge in [0, 0.05) is 6.54 Å². The lowest BCUT2D eigenvalue weighted by Gasteiger charge is -2.28. The highest BCUT2D eigenvalue weighted by atomic mass is 16.4. The molecule has 12 nitrogen and oxygen atoms in total. The van der Waals surface area contributed by atoms with Crippen molar-refractivity contribution in [1.29, 1.82) is 0 Å². The van der Waals surface area contributed by atoms with Gasteiger partial charge in [-0.1, -0.05) is 0 Å². The Hall–Kier alpha value is -2.73. The van der Waals surface area contributed by atoms with Crippen molar-refractivity contribution < 1.29 is 34.2 Å². The smallest absolute Gasteiger partial charge is 0.326 e. The standard InChI is InChI=1S/C17H29N5O7/c18-6-2-1-4-10(20-13(23)9-19)15(26)21-11(8-14(24)25)16(27)22-7-3-5-12(22)17(28)29/h10-12H,1-9,18-19H2,(H,20,23)(H,21,26)(H,24,25)(H,28,29). The van der Waals surface area contributed by atoms with E-state index < -0.39 is 54.2 Å². The molecular formula is C17H29N5O7. The topological polar surface area (TPSA) is 205 Å². The van der Waals surface area contributed by atoms with Crippen LogP contribution in [0.15, 0.2) is 0 Å². The highest BCUT2D eigenvalue weighted by Crippen LogP contribution is 2.19. The number of likely N-dealkylation sites (tertiary alicyclic amines) is 1. The van der Waals surface area contributed by atoms with Gasteiger partial charge >= 0.3 is 11.9 Å². The zero-order chi connectivity index (χ0) is 22.0. The third-order valence-corrected chi connectivity index (χ3v) is 4.60. The molecule has 1 heterocycles. The highest BCUT2D eigenvalue weighted by Gasteiger charge is 2.39. The molecule has 1 aliphatic rings. The Morgan fingerprint density at radius 3 is 2.28 bits per heavy atom. The van der Waals surface area contributed by atoms with E-state index >= 15 is 0 Å². The summed E-state index contributed by atoms with van der Waals surface area (Å²) in [5.41, 5.74) is 10.7. The Morgan fingerprint density at radius 1 is 1.03 bits per heavy atom. The number of carbonyl (C=O) groups excluding carboxylic acids is 3. The summed E-state index contributed by atoms with van der Waals surface area (Å²) in [7, 11) is 0. The molecule has 164 valence electrons.